The molecular weight excluding hydrogens is 622 g/mol. The molecule has 4 atom stereocenters. The maximum Gasteiger partial charge on any atom is 0.261 e. The molecule has 12 nitrogen and oxygen atoms in total. The molecule has 1 aliphatic rings. The van der Waals surface area contributed by atoms with E-state index < -0.39 is 22.2 Å². The Balaban J connectivity index is 1.62. The molecule has 0 unspecified atom stereocenters. The van der Waals surface area contributed by atoms with Gasteiger partial charge < -0.3 is 29.4 Å². The first-order valence-corrected chi connectivity index (χ1v) is 17.4. The van der Waals surface area contributed by atoms with Gasteiger partial charge in [-0.2, -0.15) is 4.31 Å². The van der Waals surface area contributed by atoms with E-state index in [1.807, 2.05) is 44.2 Å². The van der Waals surface area contributed by atoms with Crippen LogP contribution in [0.2, 0.25) is 0 Å². The number of hydrogen-bond donors (Lipinski definition) is 2. The van der Waals surface area contributed by atoms with Crippen molar-refractivity contribution < 1.29 is 32.6 Å². The number of aromatic nitrogens is 2. The lowest BCUT2D eigenvalue weighted by Gasteiger charge is -2.35. The summed E-state index contributed by atoms with van der Waals surface area (Å²) < 4.78 is 42.0. The lowest BCUT2D eigenvalue weighted by atomic mass is 10.0. The van der Waals surface area contributed by atoms with Crippen molar-refractivity contribution in [3.8, 4) is 5.75 Å². The average Bonchev–Trinajstić information content (AvgIpc) is 3.49. The summed E-state index contributed by atoms with van der Waals surface area (Å²) in [6.07, 6.45) is 4.54. The molecular formula is C34H47N5O7S. The highest BCUT2D eigenvalue weighted by atomic mass is 32.2. The summed E-state index contributed by atoms with van der Waals surface area (Å²) in [5, 5.41) is 13.0. The van der Waals surface area contributed by atoms with Gasteiger partial charge in [-0.05, 0) is 56.9 Å². The monoisotopic (exact) mass is 669 g/mol. The number of carbonyl (C=O) groups is 2. The van der Waals surface area contributed by atoms with E-state index in [-0.39, 0.29) is 60.5 Å². The van der Waals surface area contributed by atoms with Gasteiger partial charge in [-0.3, -0.25) is 9.59 Å². The number of likely N-dealkylation sites (N-methyl/N-ethyl adjacent to an activating group) is 1. The number of nitrogens with one attached hydrogen (secondary N) is 1. The molecule has 3 aromatic rings. The van der Waals surface area contributed by atoms with Crippen LogP contribution in [0.5, 0.6) is 5.75 Å². The fourth-order valence-electron chi connectivity index (χ4n) is 5.48. The van der Waals surface area contributed by atoms with Crippen LogP contribution in [0, 0.1) is 5.92 Å². The Hall–Kier alpha value is -3.78. The van der Waals surface area contributed by atoms with Gasteiger partial charge in [0.2, 0.25) is 5.91 Å². The van der Waals surface area contributed by atoms with Crippen molar-refractivity contribution in [2.75, 3.05) is 38.7 Å². The Labute approximate surface area is 277 Å². The lowest BCUT2D eigenvalue weighted by Crippen LogP contribution is -2.48. The number of aliphatic hydroxyl groups excluding tert-OH is 1. The van der Waals surface area contributed by atoms with E-state index in [4.69, 9.17) is 9.47 Å². The Morgan fingerprint density at radius 2 is 1.91 bits per heavy atom. The topological polar surface area (TPSA) is 143 Å². The average molecular weight is 670 g/mol. The number of aryl methyl sites for hydroxylation is 1. The summed E-state index contributed by atoms with van der Waals surface area (Å²) in [6, 6.07) is 13.8. The van der Waals surface area contributed by atoms with Crippen molar-refractivity contribution in [3.63, 3.8) is 0 Å². The molecule has 2 heterocycles. The standard InChI is InChI=1S/C34H47N5O7S/c1-24-19-39(25(2)22-40)34(42)29-18-28(36-32(41)17-27-12-7-6-8-13-27)14-15-30(29)46-26(3)11-9-10-16-45-31(24)20-38(5)47(43,44)33-21-37(4)23-35-33/h6-8,12-15,18,21,23-26,31,40H,9-11,16-17,19-20,22H2,1-5H3,(H,36,41)/t24-,25+,26-,31+/m1/s1. The SMILES string of the molecule is C[C@@H]1CCCCO[C@@H](CN(C)S(=O)(=O)c2cn(C)cn2)[C@H](C)CN([C@@H](C)CO)C(=O)c2cc(NC(=O)Cc3ccccc3)ccc2O1. The van der Waals surface area contributed by atoms with Crippen LogP contribution < -0.4 is 10.1 Å². The Bertz CT molecular complexity index is 1600. The van der Waals surface area contributed by atoms with E-state index >= 15 is 0 Å². The van der Waals surface area contributed by atoms with E-state index in [9.17, 15) is 23.1 Å². The van der Waals surface area contributed by atoms with Crippen LogP contribution in [0.3, 0.4) is 0 Å². The molecule has 1 aliphatic heterocycles. The van der Waals surface area contributed by atoms with Gasteiger partial charge in [-0.25, -0.2) is 13.4 Å². The highest BCUT2D eigenvalue weighted by Gasteiger charge is 2.33. The van der Waals surface area contributed by atoms with Crippen LogP contribution in [0.1, 0.15) is 56.0 Å². The normalized spacial score (nSPS) is 20.6. The minimum atomic E-state index is -3.88. The van der Waals surface area contributed by atoms with E-state index in [0.29, 0.717) is 24.5 Å². The lowest BCUT2D eigenvalue weighted by molar-refractivity contribution is -0.115. The summed E-state index contributed by atoms with van der Waals surface area (Å²) in [6.45, 7) is 5.92. The van der Waals surface area contributed by atoms with Gasteiger partial charge in [-0.15, -0.1) is 0 Å². The summed E-state index contributed by atoms with van der Waals surface area (Å²) in [5.41, 5.74) is 1.57. The largest absolute Gasteiger partial charge is 0.490 e. The third kappa shape index (κ3) is 9.63. The number of amides is 2. The first-order chi connectivity index (χ1) is 22.4. The Morgan fingerprint density at radius 3 is 2.60 bits per heavy atom. The third-order valence-corrected chi connectivity index (χ3v) is 10.0. The summed E-state index contributed by atoms with van der Waals surface area (Å²) >= 11 is 0. The number of anilines is 1. The number of hydrogen-bond acceptors (Lipinski definition) is 8. The molecule has 0 radical (unpaired) electrons. The number of fused-ring (bicyclic) bond motifs is 1. The quantitative estimate of drug-likeness (QED) is 0.351. The third-order valence-electron chi connectivity index (χ3n) is 8.34. The minimum Gasteiger partial charge on any atom is -0.490 e. The van der Waals surface area contributed by atoms with Crippen molar-refractivity contribution in [2.24, 2.45) is 13.0 Å². The zero-order valence-corrected chi connectivity index (χ0v) is 28.7. The van der Waals surface area contributed by atoms with Crippen molar-refractivity contribution in [1.29, 1.82) is 0 Å². The van der Waals surface area contributed by atoms with Crippen LogP contribution >= 0.6 is 0 Å². The maximum atomic E-state index is 14.3. The molecule has 4 rings (SSSR count). The number of ether oxygens (including phenoxy) is 2. The highest BCUT2D eigenvalue weighted by molar-refractivity contribution is 7.89. The molecule has 256 valence electrons. The molecule has 0 spiro atoms. The van der Waals surface area contributed by atoms with Gasteiger partial charge in [0.1, 0.15) is 5.75 Å². The van der Waals surface area contributed by atoms with Gasteiger partial charge in [0.25, 0.3) is 15.9 Å². The van der Waals surface area contributed by atoms with Crippen LogP contribution in [-0.2, 0) is 33.0 Å². The molecule has 47 heavy (non-hydrogen) atoms. The fourth-order valence-corrected chi connectivity index (χ4v) is 6.62. The predicted molar refractivity (Wildman–Crippen MR) is 179 cm³/mol. The van der Waals surface area contributed by atoms with Crippen molar-refractivity contribution in [1.82, 2.24) is 18.8 Å². The van der Waals surface area contributed by atoms with Crippen molar-refractivity contribution in [3.05, 3.63) is 72.2 Å². The molecule has 13 heteroatoms. The number of benzene rings is 2. The summed E-state index contributed by atoms with van der Waals surface area (Å²) in [4.78, 5) is 32.8. The molecule has 2 N–H and O–H groups in total. The molecule has 0 saturated heterocycles. The first-order valence-electron chi connectivity index (χ1n) is 16.0. The molecule has 2 aromatic carbocycles. The van der Waals surface area contributed by atoms with Crippen molar-refractivity contribution in [2.45, 2.75) is 69.7 Å². The number of aliphatic hydroxyl groups is 1. The fraction of sp³-hybridized carbons (Fsp3) is 0.500. The summed E-state index contributed by atoms with van der Waals surface area (Å²) in [5.74, 6) is -0.547. The number of imidazole rings is 1. The molecule has 1 aromatic heterocycles. The Kier molecular flexibility index (Phi) is 12.6. The number of carbonyl (C=O) groups excluding carboxylic acids is 2. The Morgan fingerprint density at radius 1 is 1.17 bits per heavy atom. The van der Waals surface area contributed by atoms with Crippen LogP contribution in [0.15, 0.2) is 66.1 Å². The number of sulfonamides is 1. The second-order valence-electron chi connectivity index (χ2n) is 12.4. The van der Waals surface area contributed by atoms with Gasteiger partial charge in [0, 0.05) is 51.6 Å². The van der Waals surface area contributed by atoms with E-state index in [1.165, 1.54) is 23.9 Å². The van der Waals surface area contributed by atoms with Gasteiger partial charge in [0.15, 0.2) is 5.03 Å². The second-order valence-corrected chi connectivity index (χ2v) is 14.4. The molecule has 0 aliphatic carbocycles. The van der Waals surface area contributed by atoms with Gasteiger partial charge in [0.05, 0.1) is 43.2 Å². The number of nitrogens with zero attached hydrogens (tertiary/aromatic N) is 4. The predicted octanol–water partition coefficient (Wildman–Crippen LogP) is 3.72. The van der Waals surface area contributed by atoms with Crippen LogP contribution in [0.25, 0.3) is 0 Å². The van der Waals surface area contributed by atoms with Gasteiger partial charge in [-0.1, -0.05) is 37.3 Å². The molecule has 0 fully saturated rings. The molecule has 0 saturated carbocycles. The zero-order valence-electron chi connectivity index (χ0n) is 27.8. The molecule has 0 bridgehead atoms. The summed E-state index contributed by atoms with van der Waals surface area (Å²) in [7, 11) is -0.683. The van der Waals surface area contributed by atoms with Gasteiger partial charge >= 0.3 is 0 Å². The van der Waals surface area contributed by atoms with E-state index in [2.05, 4.69) is 10.3 Å². The highest BCUT2D eigenvalue weighted by Crippen LogP contribution is 2.29. The zero-order chi connectivity index (χ0) is 34.1. The van der Waals surface area contributed by atoms with E-state index in [0.717, 1.165) is 18.4 Å². The smallest absolute Gasteiger partial charge is 0.261 e. The maximum absolute atomic E-state index is 14.3. The second kappa shape index (κ2) is 16.4. The minimum absolute atomic E-state index is 0.0449. The number of rotatable bonds is 9. The van der Waals surface area contributed by atoms with Crippen molar-refractivity contribution >= 4 is 27.5 Å². The van der Waals surface area contributed by atoms with E-state index in [1.54, 1.807) is 41.6 Å². The van der Waals surface area contributed by atoms with Crippen LogP contribution in [0.4, 0.5) is 5.69 Å². The first kappa shape index (κ1) is 36.1. The molecule has 2 amide bonds. The van der Waals surface area contributed by atoms with Crippen LogP contribution in [-0.4, -0.2) is 95.7 Å².